The number of benzene rings is 1. The molecular formula is C16H23BrO. The second kappa shape index (κ2) is 5.24. The van der Waals surface area contributed by atoms with Crippen LogP contribution in [0.25, 0.3) is 0 Å². The number of aromatic hydroxyl groups is 1. The smallest absolute Gasteiger partial charge is 0.133 e. The monoisotopic (exact) mass is 310 g/mol. The quantitative estimate of drug-likeness (QED) is 0.726. The second-order valence-electron chi connectivity index (χ2n) is 6.48. The predicted octanol–water partition coefficient (Wildman–Crippen LogP) is 5.50. The van der Waals surface area contributed by atoms with Gasteiger partial charge >= 0.3 is 0 Å². The van der Waals surface area contributed by atoms with Gasteiger partial charge in [-0.15, -0.1) is 0 Å². The summed E-state index contributed by atoms with van der Waals surface area (Å²) in [5.41, 5.74) is 2.43. The highest BCUT2D eigenvalue weighted by Gasteiger charge is 2.23. The third kappa shape index (κ3) is 2.90. The first-order chi connectivity index (χ1) is 8.39. The van der Waals surface area contributed by atoms with Gasteiger partial charge in [-0.25, -0.2) is 0 Å². The fourth-order valence-corrected chi connectivity index (χ4v) is 3.34. The van der Waals surface area contributed by atoms with Crippen molar-refractivity contribution < 1.29 is 5.11 Å². The van der Waals surface area contributed by atoms with Gasteiger partial charge in [0.25, 0.3) is 0 Å². The van der Waals surface area contributed by atoms with Crippen molar-refractivity contribution in [2.45, 2.75) is 64.2 Å². The van der Waals surface area contributed by atoms with E-state index in [1.165, 1.54) is 37.7 Å². The van der Waals surface area contributed by atoms with E-state index >= 15 is 0 Å². The van der Waals surface area contributed by atoms with Gasteiger partial charge in [0, 0.05) is 5.56 Å². The topological polar surface area (TPSA) is 20.2 Å². The second-order valence-corrected chi connectivity index (χ2v) is 7.34. The Hall–Kier alpha value is -0.500. The molecule has 1 N–H and O–H groups in total. The van der Waals surface area contributed by atoms with Crippen molar-refractivity contribution in [2.75, 3.05) is 0 Å². The molecule has 0 saturated heterocycles. The molecule has 0 atom stereocenters. The lowest BCUT2D eigenvalue weighted by molar-refractivity contribution is 0.431. The van der Waals surface area contributed by atoms with Crippen molar-refractivity contribution in [1.29, 1.82) is 0 Å². The summed E-state index contributed by atoms with van der Waals surface area (Å²) < 4.78 is 0.843. The van der Waals surface area contributed by atoms with Gasteiger partial charge in [-0.3, -0.25) is 0 Å². The Morgan fingerprint density at radius 1 is 1.11 bits per heavy atom. The molecule has 0 aromatic heterocycles. The summed E-state index contributed by atoms with van der Waals surface area (Å²) in [5, 5.41) is 10.2. The molecule has 1 nitrogen and oxygen atoms in total. The summed E-state index contributed by atoms with van der Waals surface area (Å²) >= 11 is 3.51. The lowest BCUT2D eigenvalue weighted by Gasteiger charge is -2.26. The highest BCUT2D eigenvalue weighted by molar-refractivity contribution is 9.10. The minimum atomic E-state index is -0.0166. The Bertz CT molecular complexity index is 425. The van der Waals surface area contributed by atoms with Gasteiger partial charge in [-0.1, -0.05) is 46.1 Å². The van der Waals surface area contributed by atoms with Gasteiger partial charge < -0.3 is 5.11 Å². The minimum absolute atomic E-state index is 0.0166. The number of hydrogen-bond acceptors (Lipinski definition) is 1. The third-order valence-corrected chi connectivity index (χ3v) is 4.57. The van der Waals surface area contributed by atoms with Crippen LogP contribution in [0.1, 0.15) is 69.9 Å². The Morgan fingerprint density at radius 2 is 1.72 bits per heavy atom. The van der Waals surface area contributed by atoms with Gasteiger partial charge in [0.15, 0.2) is 0 Å². The molecule has 1 saturated carbocycles. The van der Waals surface area contributed by atoms with Crippen LogP contribution < -0.4 is 0 Å². The number of halogens is 1. The van der Waals surface area contributed by atoms with Gasteiger partial charge in [0.2, 0.25) is 0 Å². The van der Waals surface area contributed by atoms with E-state index < -0.39 is 0 Å². The summed E-state index contributed by atoms with van der Waals surface area (Å²) in [6.07, 6.45) is 6.64. The maximum atomic E-state index is 10.2. The molecule has 0 amide bonds. The molecule has 100 valence electrons. The molecule has 1 aromatic rings. The Labute approximate surface area is 119 Å². The van der Waals surface area contributed by atoms with E-state index in [2.05, 4.69) is 48.8 Å². The van der Waals surface area contributed by atoms with Crippen LogP contribution in [0.15, 0.2) is 16.6 Å². The largest absolute Gasteiger partial charge is 0.506 e. The molecule has 18 heavy (non-hydrogen) atoms. The first-order valence-corrected chi connectivity index (χ1v) is 7.72. The zero-order valence-electron chi connectivity index (χ0n) is 11.6. The molecular weight excluding hydrogens is 288 g/mol. The highest BCUT2D eigenvalue weighted by atomic mass is 79.9. The van der Waals surface area contributed by atoms with Crippen LogP contribution in [0.4, 0.5) is 0 Å². The summed E-state index contributed by atoms with van der Waals surface area (Å²) in [4.78, 5) is 0. The van der Waals surface area contributed by atoms with Crippen LogP contribution in [-0.2, 0) is 5.41 Å². The fraction of sp³-hybridized carbons (Fsp3) is 0.625. The molecule has 1 aliphatic carbocycles. The van der Waals surface area contributed by atoms with Crippen LogP contribution in [0.5, 0.6) is 5.75 Å². The van der Waals surface area contributed by atoms with Crippen LogP contribution in [0.2, 0.25) is 0 Å². The molecule has 0 aliphatic heterocycles. The fourth-order valence-electron chi connectivity index (χ4n) is 2.86. The lowest BCUT2D eigenvalue weighted by Crippen LogP contribution is -2.13. The minimum Gasteiger partial charge on any atom is -0.506 e. The summed E-state index contributed by atoms with van der Waals surface area (Å²) in [5.74, 6) is 1.08. The van der Waals surface area contributed by atoms with Crippen molar-refractivity contribution in [1.82, 2.24) is 0 Å². The van der Waals surface area contributed by atoms with E-state index in [0.29, 0.717) is 11.7 Å². The third-order valence-electron chi connectivity index (χ3n) is 3.97. The molecule has 0 unspecified atom stereocenters. The number of hydrogen-bond donors (Lipinski definition) is 1. The highest BCUT2D eigenvalue weighted by Crippen LogP contribution is 2.41. The van der Waals surface area contributed by atoms with Crippen molar-refractivity contribution in [3.8, 4) is 5.75 Å². The normalized spacial score (nSPS) is 18.0. The average Bonchev–Trinajstić information content (AvgIpc) is 2.32. The molecule has 2 rings (SSSR count). The average molecular weight is 311 g/mol. The van der Waals surface area contributed by atoms with E-state index in [1.54, 1.807) is 0 Å². The van der Waals surface area contributed by atoms with Gasteiger partial charge in [-0.05, 0) is 51.7 Å². The van der Waals surface area contributed by atoms with Crippen molar-refractivity contribution in [3.05, 3.63) is 27.7 Å². The maximum Gasteiger partial charge on any atom is 0.133 e. The SMILES string of the molecule is CC(C)(C)c1cc(C2CCCCC2)cc(Br)c1O. The van der Waals surface area contributed by atoms with E-state index in [4.69, 9.17) is 0 Å². The Balaban J connectivity index is 2.40. The summed E-state index contributed by atoms with van der Waals surface area (Å²) in [6, 6.07) is 4.33. The first kappa shape index (κ1) is 13.9. The summed E-state index contributed by atoms with van der Waals surface area (Å²) in [7, 11) is 0. The van der Waals surface area contributed by atoms with Crippen LogP contribution >= 0.6 is 15.9 Å². The van der Waals surface area contributed by atoms with Gasteiger partial charge in [0.05, 0.1) is 4.47 Å². The van der Waals surface area contributed by atoms with Crippen molar-refractivity contribution in [3.63, 3.8) is 0 Å². The molecule has 2 heteroatoms. The van der Waals surface area contributed by atoms with E-state index in [-0.39, 0.29) is 5.41 Å². The zero-order valence-corrected chi connectivity index (χ0v) is 13.2. The molecule has 0 radical (unpaired) electrons. The predicted molar refractivity (Wildman–Crippen MR) is 80.3 cm³/mol. The summed E-state index contributed by atoms with van der Waals surface area (Å²) in [6.45, 7) is 6.46. The maximum absolute atomic E-state index is 10.2. The van der Waals surface area contributed by atoms with E-state index in [9.17, 15) is 5.11 Å². The van der Waals surface area contributed by atoms with E-state index in [0.717, 1.165) is 10.0 Å². The van der Waals surface area contributed by atoms with Crippen LogP contribution in [0.3, 0.4) is 0 Å². The molecule has 0 bridgehead atoms. The van der Waals surface area contributed by atoms with E-state index in [1.807, 2.05) is 0 Å². The first-order valence-electron chi connectivity index (χ1n) is 6.92. The zero-order chi connectivity index (χ0) is 13.3. The lowest BCUT2D eigenvalue weighted by atomic mass is 9.80. The van der Waals surface area contributed by atoms with Gasteiger partial charge in [-0.2, -0.15) is 0 Å². The number of rotatable bonds is 1. The van der Waals surface area contributed by atoms with Crippen LogP contribution in [0, 0.1) is 0 Å². The molecule has 1 aromatic carbocycles. The molecule has 0 heterocycles. The van der Waals surface area contributed by atoms with Crippen molar-refractivity contribution in [2.24, 2.45) is 0 Å². The number of phenols is 1. The molecule has 1 fully saturated rings. The van der Waals surface area contributed by atoms with Crippen LogP contribution in [-0.4, -0.2) is 5.11 Å². The Kier molecular flexibility index (Phi) is 4.05. The van der Waals surface area contributed by atoms with Gasteiger partial charge in [0.1, 0.15) is 5.75 Å². The standard InChI is InChI=1S/C16H23BrO/c1-16(2,3)13-9-12(10-14(17)15(13)18)11-7-5-4-6-8-11/h9-11,18H,4-8H2,1-3H3. The molecule has 0 spiro atoms. The Morgan fingerprint density at radius 3 is 2.28 bits per heavy atom. The number of phenolic OH excluding ortho intramolecular Hbond substituents is 1. The molecule has 1 aliphatic rings. The van der Waals surface area contributed by atoms with Crippen molar-refractivity contribution >= 4 is 15.9 Å².